The molecule has 0 N–H and O–H groups in total. The van der Waals surface area contributed by atoms with E-state index >= 15 is 0 Å². The van der Waals surface area contributed by atoms with E-state index in [-0.39, 0.29) is 6.42 Å². The van der Waals surface area contributed by atoms with E-state index in [0.717, 1.165) is 5.56 Å². The summed E-state index contributed by atoms with van der Waals surface area (Å²) in [6.07, 6.45) is -0.223. The Balaban J connectivity index is 2.91. The van der Waals surface area contributed by atoms with Gasteiger partial charge in [-0.2, -0.15) is 5.26 Å². The van der Waals surface area contributed by atoms with Gasteiger partial charge in [0.25, 0.3) is 0 Å². The fraction of sp³-hybridized carbons (Fsp3) is 0.467. The lowest BCUT2D eigenvalue weighted by atomic mass is 10.1. The third kappa shape index (κ3) is 6.03. The monoisotopic (exact) mass is 328 g/mol. The Morgan fingerprint density at radius 1 is 1.24 bits per heavy atom. The molecule has 0 unspecified atom stereocenters. The SMILES string of the molecule is CCOC(CN=C(CC#N)c1ccc(Cl)c(Cl)c1)OCC. The number of nitrogens with zero attached hydrogens (tertiary/aromatic N) is 2. The standard InChI is InChI=1S/C15H18Cl2N2O2/c1-3-20-15(21-4-2)10-19-14(7-8-18)11-5-6-12(16)13(17)9-11/h5-6,9,15H,3-4,7,10H2,1-2H3. The van der Waals surface area contributed by atoms with E-state index in [0.29, 0.717) is 35.5 Å². The molecule has 0 bridgehead atoms. The normalized spacial score (nSPS) is 11.7. The first-order valence-corrected chi connectivity index (χ1v) is 7.46. The number of benzene rings is 1. The van der Waals surface area contributed by atoms with Crippen molar-refractivity contribution in [3.8, 4) is 6.07 Å². The first kappa shape index (κ1) is 17.9. The quantitative estimate of drug-likeness (QED) is 0.533. The Morgan fingerprint density at radius 3 is 2.43 bits per heavy atom. The molecule has 0 aromatic heterocycles. The Hall–Kier alpha value is -1.12. The van der Waals surface area contributed by atoms with Crippen molar-refractivity contribution >= 4 is 28.9 Å². The van der Waals surface area contributed by atoms with Gasteiger partial charge in [-0.05, 0) is 31.5 Å². The van der Waals surface area contributed by atoms with E-state index in [9.17, 15) is 0 Å². The van der Waals surface area contributed by atoms with Crippen LogP contribution in [0.3, 0.4) is 0 Å². The third-order valence-electron chi connectivity index (χ3n) is 2.64. The van der Waals surface area contributed by atoms with Gasteiger partial charge in [0.1, 0.15) is 0 Å². The highest BCUT2D eigenvalue weighted by Crippen LogP contribution is 2.23. The molecule has 0 heterocycles. The van der Waals surface area contributed by atoms with Crippen LogP contribution >= 0.6 is 23.2 Å². The van der Waals surface area contributed by atoms with Crippen molar-refractivity contribution in [2.45, 2.75) is 26.6 Å². The molecule has 1 rings (SSSR count). The van der Waals surface area contributed by atoms with Crippen molar-refractivity contribution in [3.63, 3.8) is 0 Å². The van der Waals surface area contributed by atoms with Crippen LogP contribution in [0.2, 0.25) is 10.0 Å². The Morgan fingerprint density at radius 2 is 1.90 bits per heavy atom. The van der Waals surface area contributed by atoms with Gasteiger partial charge in [0.15, 0.2) is 6.29 Å². The maximum atomic E-state index is 8.94. The summed E-state index contributed by atoms with van der Waals surface area (Å²) in [5, 5.41) is 9.85. The van der Waals surface area contributed by atoms with Crippen LogP contribution < -0.4 is 0 Å². The predicted molar refractivity (Wildman–Crippen MR) is 85.1 cm³/mol. The molecule has 1 aromatic carbocycles. The molecule has 21 heavy (non-hydrogen) atoms. The molecule has 1 aromatic rings. The number of aliphatic imine (C=N–C) groups is 1. The minimum atomic E-state index is -0.406. The molecule has 0 aliphatic rings. The van der Waals surface area contributed by atoms with E-state index < -0.39 is 6.29 Å². The highest BCUT2D eigenvalue weighted by molar-refractivity contribution is 6.42. The van der Waals surface area contributed by atoms with E-state index in [1.54, 1.807) is 18.2 Å². The van der Waals surface area contributed by atoms with Crippen molar-refractivity contribution in [1.82, 2.24) is 0 Å². The fourth-order valence-corrected chi connectivity index (χ4v) is 2.01. The van der Waals surface area contributed by atoms with Crippen molar-refractivity contribution in [3.05, 3.63) is 33.8 Å². The smallest absolute Gasteiger partial charge is 0.176 e. The van der Waals surface area contributed by atoms with E-state index in [1.165, 1.54) is 0 Å². The summed E-state index contributed by atoms with van der Waals surface area (Å²) in [5.41, 5.74) is 1.41. The van der Waals surface area contributed by atoms with Crippen LogP contribution in [0.15, 0.2) is 23.2 Å². The number of hydrogen-bond donors (Lipinski definition) is 0. The molecule has 0 spiro atoms. The number of ether oxygens (including phenoxy) is 2. The minimum absolute atomic E-state index is 0.183. The van der Waals surface area contributed by atoms with E-state index in [4.69, 9.17) is 37.9 Å². The van der Waals surface area contributed by atoms with Crippen LogP contribution in [0.4, 0.5) is 0 Å². The lowest BCUT2D eigenvalue weighted by Crippen LogP contribution is -2.21. The average molecular weight is 329 g/mol. The second kappa shape index (κ2) is 9.75. The fourth-order valence-electron chi connectivity index (χ4n) is 1.71. The first-order valence-electron chi connectivity index (χ1n) is 6.71. The van der Waals surface area contributed by atoms with Gasteiger partial charge >= 0.3 is 0 Å². The van der Waals surface area contributed by atoms with Gasteiger partial charge in [0, 0.05) is 13.2 Å². The summed E-state index contributed by atoms with van der Waals surface area (Å²) >= 11 is 11.9. The molecule has 0 aliphatic heterocycles. The van der Waals surface area contributed by atoms with Gasteiger partial charge in [0.2, 0.25) is 0 Å². The van der Waals surface area contributed by atoms with Crippen LogP contribution in [-0.4, -0.2) is 31.8 Å². The summed E-state index contributed by atoms with van der Waals surface area (Å²) in [6.45, 7) is 5.20. The third-order valence-corrected chi connectivity index (χ3v) is 3.37. The maximum Gasteiger partial charge on any atom is 0.176 e. The van der Waals surface area contributed by atoms with Crippen LogP contribution in [0, 0.1) is 11.3 Å². The highest BCUT2D eigenvalue weighted by atomic mass is 35.5. The number of rotatable bonds is 8. The van der Waals surface area contributed by atoms with Crippen molar-refractivity contribution < 1.29 is 9.47 Å². The van der Waals surface area contributed by atoms with Gasteiger partial charge in [-0.3, -0.25) is 4.99 Å². The van der Waals surface area contributed by atoms with Crippen LogP contribution in [0.5, 0.6) is 0 Å². The molecule has 0 radical (unpaired) electrons. The second-order valence-corrected chi connectivity index (χ2v) is 4.91. The van der Waals surface area contributed by atoms with E-state index in [1.807, 2.05) is 13.8 Å². The molecule has 114 valence electrons. The van der Waals surface area contributed by atoms with Crippen LogP contribution in [-0.2, 0) is 9.47 Å². The van der Waals surface area contributed by atoms with Crippen molar-refractivity contribution in [2.24, 2.45) is 4.99 Å². The average Bonchev–Trinajstić information content (AvgIpc) is 2.46. The Bertz CT molecular complexity index is 521. The van der Waals surface area contributed by atoms with Crippen LogP contribution in [0.25, 0.3) is 0 Å². The van der Waals surface area contributed by atoms with Gasteiger partial charge in [-0.1, -0.05) is 29.3 Å². The zero-order valence-corrected chi connectivity index (χ0v) is 13.6. The largest absolute Gasteiger partial charge is 0.351 e. The first-order chi connectivity index (χ1) is 10.1. The van der Waals surface area contributed by atoms with Gasteiger partial charge in [0.05, 0.1) is 34.8 Å². The maximum absolute atomic E-state index is 8.94. The van der Waals surface area contributed by atoms with Crippen molar-refractivity contribution in [1.29, 1.82) is 5.26 Å². The number of hydrogen-bond acceptors (Lipinski definition) is 4. The van der Waals surface area contributed by atoms with E-state index in [2.05, 4.69) is 11.1 Å². The summed E-state index contributed by atoms with van der Waals surface area (Å²) in [6, 6.07) is 7.29. The van der Waals surface area contributed by atoms with Gasteiger partial charge in [-0.25, -0.2) is 0 Å². The Labute approximate surface area is 135 Å². The number of nitriles is 1. The lowest BCUT2D eigenvalue weighted by molar-refractivity contribution is -0.128. The van der Waals surface area contributed by atoms with Gasteiger partial charge < -0.3 is 9.47 Å². The Kier molecular flexibility index (Phi) is 8.33. The van der Waals surface area contributed by atoms with Gasteiger partial charge in [-0.15, -0.1) is 0 Å². The predicted octanol–water partition coefficient (Wildman–Crippen LogP) is 4.10. The summed E-state index contributed by atoms with van der Waals surface area (Å²) in [5.74, 6) is 0. The molecule has 4 nitrogen and oxygen atoms in total. The molecule has 0 aliphatic carbocycles. The molecule has 6 heteroatoms. The molecule has 0 amide bonds. The summed E-state index contributed by atoms with van der Waals surface area (Å²) < 4.78 is 10.9. The zero-order chi connectivity index (χ0) is 15.7. The molecule has 0 saturated heterocycles. The topological polar surface area (TPSA) is 54.6 Å². The number of halogens is 2. The van der Waals surface area contributed by atoms with Crippen LogP contribution in [0.1, 0.15) is 25.8 Å². The summed E-state index contributed by atoms with van der Waals surface area (Å²) in [7, 11) is 0. The minimum Gasteiger partial charge on any atom is -0.351 e. The zero-order valence-electron chi connectivity index (χ0n) is 12.1. The second-order valence-electron chi connectivity index (χ2n) is 4.09. The molecule has 0 atom stereocenters. The lowest BCUT2D eigenvalue weighted by Gasteiger charge is -2.15. The molecular formula is C15H18Cl2N2O2. The summed E-state index contributed by atoms with van der Waals surface area (Å²) in [4.78, 5) is 4.43. The molecule has 0 fully saturated rings. The molecular weight excluding hydrogens is 311 g/mol. The highest BCUT2D eigenvalue weighted by Gasteiger charge is 2.10. The van der Waals surface area contributed by atoms with Crippen molar-refractivity contribution in [2.75, 3.05) is 19.8 Å². The molecule has 0 saturated carbocycles.